The first-order valence-electron chi connectivity index (χ1n) is 7.94. The van der Waals surface area contributed by atoms with E-state index in [9.17, 15) is 9.59 Å². The largest absolute Gasteiger partial charge is 0.372 e. The van der Waals surface area contributed by atoms with Crippen LogP contribution in [0.25, 0.3) is 0 Å². The molecule has 0 spiro atoms. The van der Waals surface area contributed by atoms with Crippen LogP contribution in [-0.4, -0.2) is 38.1 Å². The molecule has 1 fully saturated rings. The summed E-state index contributed by atoms with van der Waals surface area (Å²) in [4.78, 5) is 25.0. The van der Waals surface area contributed by atoms with Crippen molar-refractivity contribution in [3.63, 3.8) is 0 Å². The van der Waals surface area contributed by atoms with Crippen LogP contribution in [-0.2, 0) is 14.3 Å². The van der Waals surface area contributed by atoms with E-state index in [1.165, 1.54) is 0 Å². The Hall–Kier alpha value is -2.32. The molecule has 1 aliphatic heterocycles. The summed E-state index contributed by atoms with van der Waals surface area (Å²) >= 11 is 0. The molecular weight excluding hydrogens is 292 g/mol. The van der Waals surface area contributed by atoms with Gasteiger partial charge in [0, 0.05) is 30.8 Å². The quantitative estimate of drug-likeness (QED) is 0.842. The standard InChI is InChI=1S/C18H22N2O3/c1-2-23-14-17(21)19-12-5-6-15-8-10-16(11-9-15)20-13-4-3-7-18(20)22/h8-11H,2-4,7,12-14H2,1H3,(H,19,21). The van der Waals surface area contributed by atoms with E-state index in [2.05, 4.69) is 17.2 Å². The summed E-state index contributed by atoms with van der Waals surface area (Å²) < 4.78 is 5.00. The third kappa shape index (κ3) is 5.42. The van der Waals surface area contributed by atoms with E-state index in [0.29, 0.717) is 13.0 Å². The van der Waals surface area contributed by atoms with E-state index < -0.39 is 0 Å². The van der Waals surface area contributed by atoms with E-state index in [4.69, 9.17) is 4.74 Å². The van der Waals surface area contributed by atoms with Crippen molar-refractivity contribution in [3.8, 4) is 11.8 Å². The van der Waals surface area contributed by atoms with E-state index >= 15 is 0 Å². The predicted octanol–water partition coefficient (Wildman–Crippen LogP) is 1.71. The first-order chi connectivity index (χ1) is 11.2. The number of amides is 2. The molecule has 0 bridgehead atoms. The molecule has 122 valence electrons. The van der Waals surface area contributed by atoms with Gasteiger partial charge in [0.1, 0.15) is 6.61 Å². The maximum absolute atomic E-state index is 11.9. The third-order valence-corrected chi connectivity index (χ3v) is 3.55. The lowest BCUT2D eigenvalue weighted by molar-refractivity contribution is -0.125. The van der Waals surface area contributed by atoms with Crippen LogP contribution < -0.4 is 10.2 Å². The van der Waals surface area contributed by atoms with Gasteiger partial charge in [-0.05, 0) is 44.0 Å². The van der Waals surface area contributed by atoms with E-state index in [0.717, 1.165) is 30.6 Å². The average Bonchev–Trinajstić information content (AvgIpc) is 2.58. The molecule has 0 saturated carbocycles. The van der Waals surface area contributed by atoms with Crippen molar-refractivity contribution in [3.05, 3.63) is 29.8 Å². The molecular formula is C18H22N2O3. The summed E-state index contributed by atoms with van der Waals surface area (Å²) in [6.07, 6.45) is 2.66. The van der Waals surface area contributed by atoms with Crippen LogP contribution in [0.4, 0.5) is 5.69 Å². The first kappa shape index (κ1) is 17.0. The molecule has 1 N–H and O–H groups in total. The Morgan fingerprint density at radius 2 is 2.09 bits per heavy atom. The highest BCUT2D eigenvalue weighted by atomic mass is 16.5. The van der Waals surface area contributed by atoms with Gasteiger partial charge in [0.05, 0.1) is 6.54 Å². The molecule has 1 saturated heterocycles. The SMILES string of the molecule is CCOCC(=O)NCC#Cc1ccc(N2CCCCC2=O)cc1. The van der Waals surface area contributed by atoms with Crippen LogP contribution in [0.5, 0.6) is 0 Å². The lowest BCUT2D eigenvalue weighted by Crippen LogP contribution is -2.35. The number of carbonyl (C=O) groups is 2. The molecule has 1 aromatic rings. The minimum atomic E-state index is -0.167. The van der Waals surface area contributed by atoms with Gasteiger partial charge < -0.3 is 15.0 Å². The van der Waals surface area contributed by atoms with Crippen molar-refractivity contribution in [2.24, 2.45) is 0 Å². The number of hydrogen-bond donors (Lipinski definition) is 1. The Bertz CT molecular complexity index is 599. The molecule has 2 amide bonds. The number of hydrogen-bond acceptors (Lipinski definition) is 3. The molecule has 2 rings (SSSR count). The van der Waals surface area contributed by atoms with E-state index in [-0.39, 0.29) is 25.0 Å². The number of carbonyl (C=O) groups excluding carboxylic acids is 2. The Labute approximate surface area is 137 Å². The molecule has 23 heavy (non-hydrogen) atoms. The maximum Gasteiger partial charge on any atom is 0.246 e. The highest BCUT2D eigenvalue weighted by Crippen LogP contribution is 2.20. The first-order valence-corrected chi connectivity index (χ1v) is 7.94. The fraction of sp³-hybridized carbons (Fsp3) is 0.444. The van der Waals surface area contributed by atoms with Crippen LogP contribution in [0, 0.1) is 11.8 Å². The maximum atomic E-state index is 11.9. The molecule has 0 radical (unpaired) electrons. The number of rotatable bonds is 5. The van der Waals surface area contributed by atoms with Crippen molar-refractivity contribution in [1.29, 1.82) is 0 Å². The van der Waals surface area contributed by atoms with Gasteiger partial charge in [-0.2, -0.15) is 0 Å². The zero-order chi connectivity index (χ0) is 16.5. The average molecular weight is 314 g/mol. The zero-order valence-corrected chi connectivity index (χ0v) is 13.4. The van der Waals surface area contributed by atoms with Gasteiger partial charge in [-0.1, -0.05) is 11.8 Å². The van der Waals surface area contributed by atoms with Crippen LogP contribution in [0.2, 0.25) is 0 Å². The Balaban J connectivity index is 1.84. The van der Waals surface area contributed by atoms with Crippen LogP contribution in [0.3, 0.4) is 0 Å². The van der Waals surface area contributed by atoms with Crippen LogP contribution >= 0.6 is 0 Å². The number of ether oxygens (including phenoxy) is 1. The molecule has 0 aliphatic carbocycles. The van der Waals surface area contributed by atoms with Gasteiger partial charge in [-0.3, -0.25) is 9.59 Å². The lowest BCUT2D eigenvalue weighted by atomic mass is 10.1. The van der Waals surface area contributed by atoms with Crippen LogP contribution in [0.1, 0.15) is 31.7 Å². The molecule has 0 unspecified atom stereocenters. The van der Waals surface area contributed by atoms with Crippen molar-refractivity contribution >= 4 is 17.5 Å². The van der Waals surface area contributed by atoms with Crippen molar-refractivity contribution in [2.75, 3.05) is 31.2 Å². The number of piperidine rings is 1. The molecule has 0 aromatic heterocycles. The summed E-state index contributed by atoms with van der Waals surface area (Å²) in [7, 11) is 0. The second kappa shape index (κ2) is 8.96. The van der Waals surface area contributed by atoms with Crippen molar-refractivity contribution in [1.82, 2.24) is 5.32 Å². The molecule has 1 aliphatic rings. The van der Waals surface area contributed by atoms with Gasteiger partial charge >= 0.3 is 0 Å². The number of nitrogens with one attached hydrogen (secondary N) is 1. The third-order valence-electron chi connectivity index (χ3n) is 3.55. The van der Waals surface area contributed by atoms with Gasteiger partial charge in [0.25, 0.3) is 0 Å². The molecule has 5 heteroatoms. The Morgan fingerprint density at radius 1 is 1.30 bits per heavy atom. The summed E-state index contributed by atoms with van der Waals surface area (Å²) in [5, 5.41) is 2.67. The number of nitrogens with zero attached hydrogens (tertiary/aromatic N) is 1. The van der Waals surface area contributed by atoms with Gasteiger partial charge in [0.2, 0.25) is 11.8 Å². The fourth-order valence-electron chi connectivity index (χ4n) is 2.34. The monoisotopic (exact) mass is 314 g/mol. The van der Waals surface area contributed by atoms with Gasteiger partial charge in [-0.25, -0.2) is 0 Å². The molecule has 1 aromatic carbocycles. The highest BCUT2D eigenvalue weighted by molar-refractivity contribution is 5.94. The van der Waals surface area contributed by atoms with E-state index in [1.54, 1.807) is 0 Å². The van der Waals surface area contributed by atoms with Gasteiger partial charge in [-0.15, -0.1) is 0 Å². The molecule has 0 atom stereocenters. The summed E-state index contributed by atoms with van der Waals surface area (Å²) in [5.41, 5.74) is 1.78. The number of benzene rings is 1. The fourth-order valence-corrected chi connectivity index (χ4v) is 2.34. The van der Waals surface area contributed by atoms with Crippen LogP contribution in [0.15, 0.2) is 24.3 Å². The summed E-state index contributed by atoms with van der Waals surface area (Å²) in [5.74, 6) is 5.91. The predicted molar refractivity (Wildman–Crippen MR) is 89.0 cm³/mol. The lowest BCUT2D eigenvalue weighted by Gasteiger charge is -2.26. The highest BCUT2D eigenvalue weighted by Gasteiger charge is 2.19. The minimum absolute atomic E-state index is 0.0662. The van der Waals surface area contributed by atoms with E-state index in [1.807, 2.05) is 36.1 Å². The Morgan fingerprint density at radius 3 is 2.78 bits per heavy atom. The summed E-state index contributed by atoms with van der Waals surface area (Å²) in [6, 6.07) is 7.63. The minimum Gasteiger partial charge on any atom is -0.372 e. The second-order valence-corrected chi connectivity index (χ2v) is 5.27. The van der Waals surface area contributed by atoms with Crippen molar-refractivity contribution < 1.29 is 14.3 Å². The van der Waals surface area contributed by atoms with Gasteiger partial charge in [0.15, 0.2) is 0 Å². The molecule has 5 nitrogen and oxygen atoms in total. The normalized spacial score (nSPS) is 14.1. The topological polar surface area (TPSA) is 58.6 Å². The summed E-state index contributed by atoms with van der Waals surface area (Å²) in [6.45, 7) is 3.50. The second-order valence-electron chi connectivity index (χ2n) is 5.27. The molecule has 1 heterocycles. The zero-order valence-electron chi connectivity index (χ0n) is 13.4. The smallest absolute Gasteiger partial charge is 0.246 e. The van der Waals surface area contributed by atoms with Crippen molar-refractivity contribution in [2.45, 2.75) is 26.2 Å². The Kier molecular flexibility index (Phi) is 6.64. The number of anilines is 1.